The molecule has 0 aliphatic rings. The van der Waals surface area contributed by atoms with Crippen LogP contribution in [0, 0.1) is 17.2 Å². The van der Waals surface area contributed by atoms with Gasteiger partial charge in [-0.25, -0.2) is 0 Å². The number of hydrogen-bond donors (Lipinski definition) is 2. The van der Waals surface area contributed by atoms with Crippen molar-refractivity contribution in [1.82, 2.24) is 0 Å². The van der Waals surface area contributed by atoms with Gasteiger partial charge in [-0.3, -0.25) is 5.41 Å². The van der Waals surface area contributed by atoms with Gasteiger partial charge in [-0.2, -0.15) is 0 Å². The highest BCUT2D eigenvalue weighted by atomic mass is 14.9. The van der Waals surface area contributed by atoms with Gasteiger partial charge in [0.05, 0.1) is 13.0 Å². The first-order valence-corrected chi connectivity index (χ1v) is 3.47. The summed E-state index contributed by atoms with van der Waals surface area (Å²) in [6.45, 7) is 6.37. The molecule has 0 aliphatic carbocycles. The smallest absolute Gasteiger partial charge is 0.194 e. The van der Waals surface area contributed by atoms with Crippen molar-refractivity contribution in [2.45, 2.75) is 20.8 Å². The molecule has 1 unspecified atom stereocenters. The summed E-state index contributed by atoms with van der Waals surface area (Å²) in [7, 11) is 1.92. The lowest BCUT2D eigenvalue weighted by Gasteiger charge is -2.11. The predicted molar refractivity (Wildman–Crippen MR) is 39.6 cm³/mol. The molecule has 0 amide bonds. The molecule has 2 heteroatoms. The Bertz CT molecular complexity index is 97.1. The highest BCUT2D eigenvalue weighted by molar-refractivity contribution is 5.71. The first kappa shape index (κ1) is 8.63. The number of hydrogen-bond acceptors (Lipinski definition) is 1. The van der Waals surface area contributed by atoms with Crippen LogP contribution in [-0.2, 0) is 0 Å². The SMILES string of the molecule is C[NH2+]C(=N)C(C)C(C)C. The Kier molecular flexibility index (Phi) is 3.47. The van der Waals surface area contributed by atoms with Crippen LogP contribution in [-0.4, -0.2) is 12.9 Å². The molecule has 0 aromatic carbocycles. The maximum Gasteiger partial charge on any atom is 0.194 e. The topological polar surface area (TPSA) is 40.5 Å². The summed E-state index contributed by atoms with van der Waals surface area (Å²) in [5.41, 5.74) is 0. The molecule has 0 radical (unpaired) electrons. The second-order valence-corrected chi connectivity index (χ2v) is 2.78. The van der Waals surface area contributed by atoms with Gasteiger partial charge in [-0.1, -0.05) is 20.8 Å². The third kappa shape index (κ3) is 2.61. The fourth-order valence-electron chi connectivity index (χ4n) is 0.622. The molecule has 2 nitrogen and oxygen atoms in total. The van der Waals surface area contributed by atoms with Gasteiger partial charge in [0.15, 0.2) is 5.84 Å². The number of amidine groups is 1. The molecule has 0 rings (SSSR count). The summed E-state index contributed by atoms with van der Waals surface area (Å²) in [5, 5.41) is 9.28. The standard InChI is InChI=1S/C7H16N2/c1-5(2)6(3)7(8)9-4/h5-6H,1-4H3,(H2,8,9)/p+1. The lowest BCUT2D eigenvalue weighted by molar-refractivity contribution is -0.513. The van der Waals surface area contributed by atoms with Gasteiger partial charge in [-0.05, 0) is 5.92 Å². The third-order valence-electron chi connectivity index (χ3n) is 1.80. The fourth-order valence-corrected chi connectivity index (χ4v) is 0.622. The molecular formula is C7H17N2+. The highest BCUT2D eigenvalue weighted by Crippen LogP contribution is 2.06. The molecule has 1 atom stereocenters. The zero-order valence-electron chi connectivity index (χ0n) is 6.73. The van der Waals surface area contributed by atoms with Crippen LogP contribution in [0.3, 0.4) is 0 Å². The van der Waals surface area contributed by atoms with E-state index in [4.69, 9.17) is 5.41 Å². The van der Waals surface area contributed by atoms with Crippen molar-refractivity contribution in [1.29, 1.82) is 5.41 Å². The molecule has 0 bridgehead atoms. The molecule has 0 saturated carbocycles. The van der Waals surface area contributed by atoms with Gasteiger partial charge in [0.25, 0.3) is 0 Å². The van der Waals surface area contributed by atoms with Crippen molar-refractivity contribution >= 4 is 5.84 Å². The van der Waals surface area contributed by atoms with Crippen LogP contribution in [0.2, 0.25) is 0 Å². The summed E-state index contributed by atoms with van der Waals surface area (Å²) in [4.78, 5) is 0. The van der Waals surface area contributed by atoms with E-state index in [0.29, 0.717) is 11.8 Å². The summed E-state index contributed by atoms with van der Waals surface area (Å²) in [6, 6.07) is 0. The van der Waals surface area contributed by atoms with Crippen LogP contribution in [0.15, 0.2) is 0 Å². The minimum Gasteiger partial charge on any atom is -0.304 e. The maximum atomic E-state index is 7.42. The second-order valence-electron chi connectivity index (χ2n) is 2.78. The lowest BCUT2D eigenvalue weighted by atomic mass is 9.97. The first-order valence-electron chi connectivity index (χ1n) is 3.47. The van der Waals surface area contributed by atoms with Crippen LogP contribution in [0.5, 0.6) is 0 Å². The normalized spacial score (nSPS) is 13.9. The minimum atomic E-state index is 0.412. The Morgan fingerprint density at radius 3 is 1.89 bits per heavy atom. The van der Waals surface area contributed by atoms with Crippen molar-refractivity contribution in [3.05, 3.63) is 0 Å². The lowest BCUT2D eigenvalue weighted by Crippen LogP contribution is -2.85. The summed E-state index contributed by atoms with van der Waals surface area (Å²) in [6.07, 6.45) is 0. The maximum absolute atomic E-state index is 7.42. The van der Waals surface area contributed by atoms with Crippen molar-refractivity contribution in [2.24, 2.45) is 11.8 Å². The van der Waals surface area contributed by atoms with Crippen LogP contribution in [0.1, 0.15) is 20.8 Å². The molecule has 9 heavy (non-hydrogen) atoms. The molecule has 0 aliphatic heterocycles. The molecule has 0 aromatic rings. The van der Waals surface area contributed by atoms with Crippen molar-refractivity contribution < 1.29 is 5.32 Å². The van der Waals surface area contributed by atoms with E-state index in [0.717, 1.165) is 5.84 Å². The van der Waals surface area contributed by atoms with Gasteiger partial charge in [0.1, 0.15) is 0 Å². The Labute approximate surface area is 57.2 Å². The van der Waals surface area contributed by atoms with E-state index in [1.807, 2.05) is 12.4 Å². The first-order chi connectivity index (χ1) is 4.09. The van der Waals surface area contributed by atoms with Crippen molar-refractivity contribution in [2.75, 3.05) is 7.05 Å². The fraction of sp³-hybridized carbons (Fsp3) is 0.857. The zero-order valence-corrected chi connectivity index (χ0v) is 6.73. The quantitative estimate of drug-likeness (QED) is 0.401. The van der Waals surface area contributed by atoms with Gasteiger partial charge >= 0.3 is 0 Å². The van der Waals surface area contributed by atoms with E-state index < -0.39 is 0 Å². The van der Waals surface area contributed by atoms with Crippen LogP contribution in [0.25, 0.3) is 0 Å². The number of nitrogens with two attached hydrogens (primary N) is 1. The molecule has 0 saturated heterocycles. The second kappa shape index (κ2) is 3.62. The third-order valence-corrected chi connectivity index (χ3v) is 1.80. The number of quaternary nitrogens is 1. The molecule has 0 spiro atoms. The van der Waals surface area contributed by atoms with E-state index in [1.54, 1.807) is 0 Å². The molecular weight excluding hydrogens is 112 g/mol. The summed E-state index contributed by atoms with van der Waals surface area (Å²) >= 11 is 0. The molecule has 3 N–H and O–H groups in total. The Hall–Kier alpha value is -0.370. The molecule has 0 heterocycles. The van der Waals surface area contributed by atoms with Gasteiger partial charge in [0.2, 0.25) is 0 Å². The summed E-state index contributed by atoms with van der Waals surface area (Å²) < 4.78 is 0. The van der Waals surface area contributed by atoms with E-state index in [2.05, 4.69) is 20.8 Å². The average molecular weight is 129 g/mol. The van der Waals surface area contributed by atoms with E-state index in [9.17, 15) is 0 Å². The minimum absolute atomic E-state index is 0.412. The number of nitrogens with one attached hydrogen (secondary N) is 1. The number of rotatable bonds is 2. The van der Waals surface area contributed by atoms with Crippen LogP contribution >= 0.6 is 0 Å². The Morgan fingerprint density at radius 2 is 1.78 bits per heavy atom. The predicted octanol–water partition coefficient (Wildman–Crippen LogP) is 0.449. The molecule has 0 fully saturated rings. The van der Waals surface area contributed by atoms with Crippen molar-refractivity contribution in [3.63, 3.8) is 0 Å². The van der Waals surface area contributed by atoms with E-state index in [-0.39, 0.29) is 0 Å². The van der Waals surface area contributed by atoms with Gasteiger partial charge in [0, 0.05) is 0 Å². The van der Waals surface area contributed by atoms with E-state index >= 15 is 0 Å². The van der Waals surface area contributed by atoms with Crippen LogP contribution < -0.4 is 5.32 Å². The summed E-state index contributed by atoms with van der Waals surface area (Å²) in [5.74, 6) is 1.76. The van der Waals surface area contributed by atoms with Crippen molar-refractivity contribution in [3.8, 4) is 0 Å². The van der Waals surface area contributed by atoms with Crippen LogP contribution in [0.4, 0.5) is 0 Å². The zero-order chi connectivity index (χ0) is 7.44. The Balaban J connectivity index is 3.72. The molecule has 54 valence electrons. The largest absolute Gasteiger partial charge is 0.304 e. The van der Waals surface area contributed by atoms with E-state index in [1.165, 1.54) is 0 Å². The molecule has 0 aromatic heterocycles. The van der Waals surface area contributed by atoms with Gasteiger partial charge < -0.3 is 5.32 Å². The average Bonchev–Trinajstić information content (AvgIpc) is 1.84. The Morgan fingerprint density at radius 1 is 1.33 bits per heavy atom. The van der Waals surface area contributed by atoms with Gasteiger partial charge in [-0.15, -0.1) is 0 Å². The highest BCUT2D eigenvalue weighted by Gasteiger charge is 2.14. The monoisotopic (exact) mass is 129 g/mol.